The van der Waals surface area contributed by atoms with Gasteiger partial charge in [0.2, 0.25) is 5.95 Å². The molecule has 4 rings (SSSR count). The van der Waals surface area contributed by atoms with Crippen LogP contribution in [0.25, 0.3) is 0 Å². The molecule has 9 heteroatoms. The number of hydrogen-bond acceptors (Lipinski definition) is 6. The third-order valence-corrected chi connectivity index (χ3v) is 6.67. The Morgan fingerprint density at radius 2 is 1.97 bits per heavy atom. The minimum absolute atomic E-state index is 0. The zero-order chi connectivity index (χ0) is 20.6. The molecule has 0 aliphatic carbocycles. The van der Waals surface area contributed by atoms with Gasteiger partial charge in [-0.15, -0.1) is 35.3 Å². The quantitative estimate of drug-likeness (QED) is 0.336. The smallest absolute Gasteiger partial charge is 0.225 e. The highest BCUT2D eigenvalue weighted by Gasteiger charge is 2.23. The number of guanidine groups is 1. The van der Waals surface area contributed by atoms with Crippen LogP contribution in [0, 0.1) is 5.92 Å². The van der Waals surface area contributed by atoms with Crippen molar-refractivity contribution in [1.29, 1.82) is 0 Å². The van der Waals surface area contributed by atoms with E-state index < -0.39 is 0 Å². The van der Waals surface area contributed by atoms with E-state index in [1.54, 1.807) is 0 Å². The molecule has 2 fully saturated rings. The lowest BCUT2D eigenvalue weighted by atomic mass is 9.98. The number of nitrogens with one attached hydrogen (secondary N) is 1. The van der Waals surface area contributed by atoms with Gasteiger partial charge in [0.05, 0.1) is 0 Å². The predicted octanol–water partition coefficient (Wildman–Crippen LogP) is 3.16. The third kappa shape index (κ3) is 7.01. The van der Waals surface area contributed by atoms with Crippen LogP contribution < -0.4 is 10.2 Å². The zero-order valence-corrected chi connectivity index (χ0v) is 21.5. The predicted molar refractivity (Wildman–Crippen MR) is 140 cm³/mol. The average molecular weight is 556 g/mol. The fourth-order valence-corrected chi connectivity index (χ4v) is 5.03. The number of hydrogen-bond donors (Lipinski definition) is 1. The summed E-state index contributed by atoms with van der Waals surface area (Å²) in [5.74, 6) is 2.53. The first-order valence-electron chi connectivity index (χ1n) is 11.1. The summed E-state index contributed by atoms with van der Waals surface area (Å²) in [5, 5.41) is 5.68. The lowest BCUT2D eigenvalue weighted by Crippen LogP contribution is -2.53. The van der Waals surface area contributed by atoms with Gasteiger partial charge >= 0.3 is 0 Å². The number of piperazine rings is 1. The molecule has 7 nitrogen and oxygen atoms in total. The van der Waals surface area contributed by atoms with Crippen molar-refractivity contribution >= 4 is 47.2 Å². The highest BCUT2D eigenvalue weighted by atomic mass is 127. The van der Waals surface area contributed by atoms with Crippen molar-refractivity contribution < 1.29 is 0 Å². The molecule has 0 amide bonds. The maximum Gasteiger partial charge on any atom is 0.225 e. The van der Waals surface area contributed by atoms with Gasteiger partial charge in [-0.25, -0.2) is 9.97 Å². The van der Waals surface area contributed by atoms with Crippen molar-refractivity contribution in [3.8, 4) is 0 Å². The van der Waals surface area contributed by atoms with E-state index in [-0.39, 0.29) is 24.0 Å². The third-order valence-electron chi connectivity index (χ3n) is 5.81. The van der Waals surface area contributed by atoms with Gasteiger partial charge < -0.3 is 15.1 Å². The fourth-order valence-electron chi connectivity index (χ4n) is 4.28. The molecular formula is C22H34IN7S. The van der Waals surface area contributed by atoms with E-state index in [1.807, 2.05) is 29.8 Å². The number of aromatic nitrogens is 2. The van der Waals surface area contributed by atoms with Crippen molar-refractivity contribution in [1.82, 2.24) is 25.1 Å². The van der Waals surface area contributed by atoms with Crippen LogP contribution in [0.2, 0.25) is 0 Å². The summed E-state index contributed by atoms with van der Waals surface area (Å²) in [6.07, 6.45) is 6.18. The van der Waals surface area contributed by atoms with Gasteiger partial charge in [-0.2, -0.15) is 0 Å². The molecule has 1 N–H and O–H groups in total. The van der Waals surface area contributed by atoms with Crippen LogP contribution in [-0.2, 0) is 6.54 Å². The van der Waals surface area contributed by atoms with Crippen LogP contribution in [0.1, 0.15) is 24.6 Å². The van der Waals surface area contributed by atoms with Crippen LogP contribution >= 0.6 is 35.3 Å². The van der Waals surface area contributed by atoms with Gasteiger partial charge in [-0.05, 0) is 49.7 Å². The van der Waals surface area contributed by atoms with Gasteiger partial charge in [0.1, 0.15) is 0 Å². The second kappa shape index (κ2) is 12.5. The first kappa shape index (κ1) is 24.2. The molecule has 2 aromatic heterocycles. The number of nitrogens with zero attached hydrogens (tertiary/aromatic N) is 6. The number of aliphatic imine (C=N–C) groups is 1. The lowest BCUT2D eigenvalue weighted by Gasteiger charge is -2.37. The summed E-state index contributed by atoms with van der Waals surface area (Å²) in [7, 11) is 0. The molecular weight excluding hydrogens is 521 g/mol. The van der Waals surface area contributed by atoms with E-state index in [0.717, 1.165) is 64.3 Å². The van der Waals surface area contributed by atoms with Gasteiger partial charge in [-0.3, -0.25) is 9.89 Å². The molecule has 2 saturated heterocycles. The van der Waals surface area contributed by atoms with Gasteiger partial charge in [0, 0.05) is 69.6 Å². The number of halogens is 1. The molecule has 170 valence electrons. The number of thiophene rings is 1. The molecule has 2 aliphatic heterocycles. The SMILES string of the molecule is CCNC(=NCC1CCCN(Cc2cccs2)C1)N1CCN(c2ncccn2)CC1.I. The summed E-state index contributed by atoms with van der Waals surface area (Å²) in [6.45, 7) is 11.1. The average Bonchev–Trinajstić information content (AvgIpc) is 3.31. The highest BCUT2D eigenvalue weighted by Crippen LogP contribution is 2.21. The number of likely N-dealkylation sites (tertiary alicyclic amines) is 1. The van der Waals surface area contributed by atoms with Crippen molar-refractivity contribution in [2.75, 3.05) is 57.3 Å². The lowest BCUT2D eigenvalue weighted by molar-refractivity contribution is 0.172. The fraction of sp³-hybridized carbons (Fsp3) is 0.591. The molecule has 2 aromatic rings. The Kier molecular flexibility index (Phi) is 9.79. The van der Waals surface area contributed by atoms with Crippen LogP contribution in [-0.4, -0.2) is 78.1 Å². The molecule has 2 aliphatic rings. The molecule has 1 atom stereocenters. The van der Waals surface area contributed by atoms with Crippen LogP contribution in [0.15, 0.2) is 41.0 Å². The Morgan fingerprint density at radius 3 is 2.68 bits per heavy atom. The van der Waals surface area contributed by atoms with Crippen molar-refractivity contribution in [2.24, 2.45) is 10.9 Å². The summed E-state index contributed by atoms with van der Waals surface area (Å²) >= 11 is 1.86. The molecule has 31 heavy (non-hydrogen) atoms. The van der Waals surface area contributed by atoms with Crippen LogP contribution in [0.4, 0.5) is 5.95 Å². The van der Waals surface area contributed by atoms with Gasteiger partial charge in [-0.1, -0.05) is 6.07 Å². The molecule has 0 saturated carbocycles. The molecule has 0 radical (unpaired) electrons. The first-order chi connectivity index (χ1) is 14.8. The van der Waals surface area contributed by atoms with E-state index >= 15 is 0 Å². The van der Waals surface area contributed by atoms with Crippen LogP contribution in [0.3, 0.4) is 0 Å². The second-order valence-corrected chi connectivity index (χ2v) is 9.07. The molecule has 1 unspecified atom stereocenters. The molecule has 0 aromatic carbocycles. The Bertz CT molecular complexity index is 778. The van der Waals surface area contributed by atoms with E-state index in [4.69, 9.17) is 4.99 Å². The topological polar surface area (TPSA) is 59.9 Å². The zero-order valence-electron chi connectivity index (χ0n) is 18.3. The normalized spacial score (nSPS) is 20.4. The Balaban J connectivity index is 0.00000272. The molecule has 0 spiro atoms. The second-order valence-electron chi connectivity index (χ2n) is 8.04. The maximum absolute atomic E-state index is 5.05. The summed E-state index contributed by atoms with van der Waals surface area (Å²) in [6, 6.07) is 6.26. The standard InChI is InChI=1S/C22H33N7S.HI/c1-2-23-21(28-11-13-29(14-12-28)22-24-8-5-9-25-22)26-16-19-6-3-10-27(17-19)18-20-7-4-15-30-20;/h4-5,7-9,15,19H,2-3,6,10-14,16-18H2,1H3,(H,23,26);1H. The minimum atomic E-state index is 0. The number of rotatable bonds is 6. The summed E-state index contributed by atoms with van der Waals surface area (Å²) < 4.78 is 0. The van der Waals surface area contributed by atoms with Gasteiger partial charge in [0.25, 0.3) is 0 Å². The Labute approximate surface area is 207 Å². The Hall–Kier alpha value is -1.46. The number of anilines is 1. The van der Waals surface area contributed by atoms with E-state index in [1.165, 1.54) is 24.3 Å². The van der Waals surface area contributed by atoms with E-state index in [0.29, 0.717) is 5.92 Å². The summed E-state index contributed by atoms with van der Waals surface area (Å²) in [4.78, 5) is 22.5. The van der Waals surface area contributed by atoms with Crippen LogP contribution in [0.5, 0.6) is 0 Å². The first-order valence-corrected chi connectivity index (χ1v) is 12.0. The van der Waals surface area contributed by atoms with E-state index in [2.05, 4.69) is 54.4 Å². The van der Waals surface area contributed by atoms with Crippen molar-refractivity contribution in [3.05, 3.63) is 40.8 Å². The molecule has 4 heterocycles. The van der Waals surface area contributed by atoms with E-state index in [9.17, 15) is 0 Å². The van der Waals surface area contributed by atoms with Gasteiger partial charge in [0.15, 0.2) is 5.96 Å². The molecule has 0 bridgehead atoms. The maximum atomic E-state index is 5.05. The number of piperidine rings is 1. The van der Waals surface area contributed by atoms with Crippen molar-refractivity contribution in [3.63, 3.8) is 0 Å². The highest BCUT2D eigenvalue weighted by molar-refractivity contribution is 14.0. The minimum Gasteiger partial charge on any atom is -0.357 e. The Morgan fingerprint density at radius 1 is 1.16 bits per heavy atom. The summed E-state index contributed by atoms with van der Waals surface area (Å²) in [5.41, 5.74) is 0. The largest absolute Gasteiger partial charge is 0.357 e. The monoisotopic (exact) mass is 555 g/mol. The van der Waals surface area contributed by atoms with Crippen molar-refractivity contribution in [2.45, 2.75) is 26.3 Å².